The molecule has 6 nitrogen and oxygen atoms in total. The first kappa shape index (κ1) is 13.8. The fourth-order valence-corrected chi connectivity index (χ4v) is 1.54. The molecule has 0 fully saturated rings. The van der Waals surface area contributed by atoms with Gasteiger partial charge >= 0.3 is 0 Å². The number of likely N-dealkylation sites (N-methyl/N-ethyl adjacent to an activating group) is 1. The van der Waals surface area contributed by atoms with Gasteiger partial charge in [-0.15, -0.1) is 0 Å². The largest absolute Gasteiger partial charge is 0.383 e. The molecule has 6 heteroatoms. The molecule has 0 bridgehead atoms. The van der Waals surface area contributed by atoms with Crippen molar-refractivity contribution in [3.63, 3.8) is 0 Å². The quantitative estimate of drug-likeness (QED) is 0.534. The normalized spacial score (nSPS) is 10.9. The molecule has 0 aliphatic heterocycles. The first-order valence-corrected chi connectivity index (χ1v) is 5.72. The summed E-state index contributed by atoms with van der Waals surface area (Å²) in [5, 5.41) is 0. The van der Waals surface area contributed by atoms with Crippen LogP contribution in [0.3, 0.4) is 0 Å². The average Bonchev–Trinajstić information content (AvgIpc) is 2.33. The van der Waals surface area contributed by atoms with Crippen molar-refractivity contribution < 1.29 is 4.74 Å². The minimum atomic E-state index is 0.648. The highest BCUT2D eigenvalue weighted by atomic mass is 16.5. The molecule has 17 heavy (non-hydrogen) atoms. The topological polar surface area (TPSA) is 76.3 Å². The third-order valence-corrected chi connectivity index (χ3v) is 2.47. The molecular weight excluding hydrogens is 218 g/mol. The molecule has 1 aromatic heterocycles. The Morgan fingerprint density at radius 1 is 1.47 bits per heavy atom. The number of methoxy groups -OCH3 is 1. The predicted molar refractivity (Wildman–Crippen MR) is 67.4 cm³/mol. The van der Waals surface area contributed by atoms with Crippen LogP contribution in [-0.2, 0) is 11.3 Å². The number of hydrogen-bond donors (Lipinski definition) is 2. The molecule has 1 rings (SSSR count). The van der Waals surface area contributed by atoms with Gasteiger partial charge < -0.3 is 10.2 Å². The van der Waals surface area contributed by atoms with Gasteiger partial charge in [-0.3, -0.25) is 4.90 Å². The van der Waals surface area contributed by atoms with Gasteiger partial charge in [-0.1, -0.05) is 6.92 Å². The predicted octanol–water partition coefficient (Wildman–Crippen LogP) is 0.539. The van der Waals surface area contributed by atoms with Crippen LogP contribution in [-0.4, -0.2) is 41.7 Å². The van der Waals surface area contributed by atoms with Crippen molar-refractivity contribution >= 4 is 5.82 Å². The highest BCUT2D eigenvalue weighted by Crippen LogP contribution is 2.06. The summed E-state index contributed by atoms with van der Waals surface area (Å²) in [5.74, 6) is 6.78. The van der Waals surface area contributed by atoms with Gasteiger partial charge in [0.05, 0.1) is 13.2 Å². The van der Waals surface area contributed by atoms with E-state index < -0.39 is 0 Å². The molecule has 0 atom stereocenters. The Morgan fingerprint density at radius 3 is 2.82 bits per heavy atom. The molecule has 0 radical (unpaired) electrons. The van der Waals surface area contributed by atoms with Gasteiger partial charge in [-0.2, -0.15) is 0 Å². The van der Waals surface area contributed by atoms with Crippen LogP contribution < -0.4 is 11.3 Å². The lowest BCUT2D eigenvalue weighted by molar-refractivity contribution is 0.146. The maximum Gasteiger partial charge on any atom is 0.145 e. The molecule has 0 unspecified atom stereocenters. The summed E-state index contributed by atoms with van der Waals surface area (Å²) in [5.41, 5.74) is 3.46. The maximum absolute atomic E-state index is 5.36. The molecule has 0 aromatic carbocycles. The molecule has 1 heterocycles. The Kier molecular flexibility index (Phi) is 5.82. The number of nitrogens with two attached hydrogens (primary N) is 1. The number of anilines is 1. The van der Waals surface area contributed by atoms with Crippen molar-refractivity contribution in [3.05, 3.63) is 17.6 Å². The van der Waals surface area contributed by atoms with E-state index in [1.54, 1.807) is 7.11 Å². The van der Waals surface area contributed by atoms with Crippen LogP contribution in [0.25, 0.3) is 0 Å². The highest BCUT2D eigenvalue weighted by Gasteiger charge is 2.07. The average molecular weight is 239 g/mol. The number of nitrogens with one attached hydrogen (secondary N) is 1. The summed E-state index contributed by atoms with van der Waals surface area (Å²) in [7, 11) is 1.70. The summed E-state index contributed by atoms with van der Waals surface area (Å²) in [4.78, 5) is 10.9. The Labute approximate surface area is 102 Å². The van der Waals surface area contributed by atoms with E-state index in [4.69, 9.17) is 10.6 Å². The highest BCUT2D eigenvalue weighted by molar-refractivity contribution is 5.33. The molecule has 0 spiro atoms. The van der Waals surface area contributed by atoms with Gasteiger partial charge in [0.2, 0.25) is 0 Å². The fourth-order valence-electron chi connectivity index (χ4n) is 1.54. The molecule has 0 saturated heterocycles. The maximum atomic E-state index is 5.36. The smallest absolute Gasteiger partial charge is 0.145 e. The van der Waals surface area contributed by atoms with E-state index >= 15 is 0 Å². The van der Waals surface area contributed by atoms with Crippen LogP contribution in [0.5, 0.6) is 0 Å². The third-order valence-electron chi connectivity index (χ3n) is 2.47. The summed E-state index contributed by atoms with van der Waals surface area (Å²) in [6.07, 6.45) is 0. The van der Waals surface area contributed by atoms with Crippen LogP contribution in [0.15, 0.2) is 6.07 Å². The minimum absolute atomic E-state index is 0.648. The number of hydrazine groups is 1. The van der Waals surface area contributed by atoms with Crippen LogP contribution in [0.2, 0.25) is 0 Å². The molecule has 0 aliphatic rings. The lowest BCUT2D eigenvalue weighted by atomic mass is 10.4. The van der Waals surface area contributed by atoms with E-state index in [0.717, 1.165) is 24.6 Å². The fraction of sp³-hybridized carbons (Fsp3) is 0.636. The summed E-state index contributed by atoms with van der Waals surface area (Å²) >= 11 is 0. The summed E-state index contributed by atoms with van der Waals surface area (Å²) in [6, 6.07) is 1.81. The van der Waals surface area contributed by atoms with Gasteiger partial charge in [0, 0.05) is 25.4 Å². The van der Waals surface area contributed by atoms with Gasteiger partial charge in [-0.25, -0.2) is 15.8 Å². The zero-order valence-electron chi connectivity index (χ0n) is 10.7. The third kappa shape index (κ3) is 4.64. The van der Waals surface area contributed by atoms with Gasteiger partial charge in [0.15, 0.2) is 0 Å². The first-order chi connectivity index (χ1) is 8.19. The second kappa shape index (κ2) is 7.16. The van der Waals surface area contributed by atoms with Crippen LogP contribution in [0.4, 0.5) is 5.82 Å². The molecule has 96 valence electrons. The lowest BCUT2D eigenvalue weighted by Crippen LogP contribution is -2.28. The summed E-state index contributed by atoms with van der Waals surface area (Å²) in [6.45, 7) is 7.25. The van der Waals surface area contributed by atoms with E-state index in [-0.39, 0.29) is 0 Å². The number of rotatable bonds is 7. The Bertz CT molecular complexity index is 345. The van der Waals surface area contributed by atoms with E-state index in [2.05, 4.69) is 27.2 Å². The molecule has 1 aromatic rings. The number of aromatic nitrogens is 2. The SMILES string of the molecule is CCN(CCOC)Cc1nc(C)cc(NN)n1. The Hall–Kier alpha value is -1.24. The monoisotopic (exact) mass is 239 g/mol. The molecule has 0 saturated carbocycles. The molecule has 3 N–H and O–H groups in total. The van der Waals surface area contributed by atoms with E-state index in [0.29, 0.717) is 19.0 Å². The molecule has 0 amide bonds. The van der Waals surface area contributed by atoms with Crippen molar-refractivity contribution in [1.29, 1.82) is 0 Å². The van der Waals surface area contributed by atoms with Crippen molar-refractivity contribution in [2.45, 2.75) is 20.4 Å². The Balaban J connectivity index is 2.68. The summed E-state index contributed by atoms with van der Waals surface area (Å²) < 4.78 is 5.07. The standard InChI is InChI=1S/C11H21N5O/c1-4-16(5-6-17-3)8-11-13-9(2)7-10(14-11)15-12/h7H,4-6,8,12H2,1-3H3,(H,13,14,15). The van der Waals surface area contributed by atoms with E-state index in [1.165, 1.54) is 0 Å². The second-order valence-electron chi connectivity index (χ2n) is 3.82. The first-order valence-electron chi connectivity index (χ1n) is 5.72. The van der Waals surface area contributed by atoms with Crippen LogP contribution >= 0.6 is 0 Å². The molecule has 0 aliphatic carbocycles. The van der Waals surface area contributed by atoms with E-state index in [1.807, 2.05) is 13.0 Å². The lowest BCUT2D eigenvalue weighted by Gasteiger charge is -2.19. The minimum Gasteiger partial charge on any atom is -0.383 e. The van der Waals surface area contributed by atoms with Gasteiger partial charge in [0.25, 0.3) is 0 Å². The van der Waals surface area contributed by atoms with Crippen molar-refractivity contribution in [2.75, 3.05) is 32.2 Å². The van der Waals surface area contributed by atoms with Crippen molar-refractivity contribution in [2.24, 2.45) is 5.84 Å². The van der Waals surface area contributed by atoms with Gasteiger partial charge in [-0.05, 0) is 13.5 Å². The number of nitrogen functional groups attached to an aromatic ring is 1. The van der Waals surface area contributed by atoms with Crippen LogP contribution in [0.1, 0.15) is 18.4 Å². The Morgan fingerprint density at radius 2 is 2.24 bits per heavy atom. The van der Waals surface area contributed by atoms with Crippen LogP contribution in [0, 0.1) is 6.92 Å². The second-order valence-corrected chi connectivity index (χ2v) is 3.82. The number of nitrogens with zero attached hydrogens (tertiary/aromatic N) is 3. The van der Waals surface area contributed by atoms with Crippen molar-refractivity contribution in [3.8, 4) is 0 Å². The number of hydrogen-bond acceptors (Lipinski definition) is 6. The molecular formula is C11H21N5O. The van der Waals surface area contributed by atoms with Gasteiger partial charge in [0.1, 0.15) is 11.6 Å². The zero-order valence-corrected chi connectivity index (χ0v) is 10.7. The number of aryl methyl sites for hydroxylation is 1. The van der Waals surface area contributed by atoms with E-state index in [9.17, 15) is 0 Å². The number of ether oxygens (including phenoxy) is 1. The zero-order chi connectivity index (χ0) is 12.7. The van der Waals surface area contributed by atoms with Crippen molar-refractivity contribution in [1.82, 2.24) is 14.9 Å².